The van der Waals surface area contributed by atoms with Crippen LogP contribution in [0.2, 0.25) is 5.02 Å². The number of anilines is 1. The number of hydrogen-bond acceptors (Lipinski definition) is 5. The normalized spacial score (nSPS) is 10.7. The monoisotopic (exact) mass is 388 g/mol. The topological polar surface area (TPSA) is 68.3 Å². The molecule has 2 aromatic carbocycles. The molecule has 0 bridgehead atoms. The van der Waals surface area contributed by atoms with Gasteiger partial charge in [0.25, 0.3) is 5.91 Å². The summed E-state index contributed by atoms with van der Waals surface area (Å²) in [6.07, 6.45) is 1.81. The van der Waals surface area contributed by atoms with Crippen molar-refractivity contribution < 1.29 is 14.3 Å². The van der Waals surface area contributed by atoms with Crippen LogP contribution in [0.5, 0.6) is 0 Å². The summed E-state index contributed by atoms with van der Waals surface area (Å²) in [5, 5.41) is 3.71. The van der Waals surface area contributed by atoms with Gasteiger partial charge in [-0.15, -0.1) is 0 Å². The SMILES string of the molecule is CCCCOC(=O)c1ccc2nc(NC(=O)c3cccc(Cl)c3)sc2c1. The first-order valence-corrected chi connectivity index (χ1v) is 9.41. The van der Waals surface area contributed by atoms with Crippen molar-refractivity contribution in [2.45, 2.75) is 19.8 Å². The molecule has 0 saturated heterocycles. The van der Waals surface area contributed by atoms with Crippen molar-refractivity contribution in [3.63, 3.8) is 0 Å². The second-order valence-electron chi connectivity index (χ2n) is 5.66. The second-order valence-corrected chi connectivity index (χ2v) is 7.12. The molecule has 134 valence electrons. The van der Waals surface area contributed by atoms with Gasteiger partial charge in [-0.1, -0.05) is 42.3 Å². The summed E-state index contributed by atoms with van der Waals surface area (Å²) in [5.74, 6) is -0.635. The fourth-order valence-electron chi connectivity index (χ4n) is 2.30. The zero-order valence-electron chi connectivity index (χ0n) is 14.1. The molecule has 3 rings (SSSR count). The highest BCUT2D eigenvalue weighted by molar-refractivity contribution is 7.22. The minimum Gasteiger partial charge on any atom is -0.462 e. The van der Waals surface area contributed by atoms with Gasteiger partial charge in [0.2, 0.25) is 0 Å². The fraction of sp³-hybridized carbons (Fsp3) is 0.211. The number of ether oxygens (including phenoxy) is 1. The molecule has 0 aliphatic carbocycles. The van der Waals surface area contributed by atoms with E-state index in [1.165, 1.54) is 11.3 Å². The summed E-state index contributed by atoms with van der Waals surface area (Å²) in [7, 11) is 0. The molecular weight excluding hydrogens is 372 g/mol. The number of hydrogen-bond donors (Lipinski definition) is 1. The zero-order valence-corrected chi connectivity index (χ0v) is 15.7. The lowest BCUT2D eigenvalue weighted by molar-refractivity contribution is 0.0500. The first-order chi connectivity index (χ1) is 12.6. The van der Waals surface area contributed by atoms with Crippen molar-refractivity contribution >= 4 is 50.2 Å². The van der Waals surface area contributed by atoms with Gasteiger partial charge in [-0.25, -0.2) is 9.78 Å². The van der Waals surface area contributed by atoms with Crippen LogP contribution in [-0.2, 0) is 4.74 Å². The van der Waals surface area contributed by atoms with E-state index in [4.69, 9.17) is 16.3 Å². The number of amides is 1. The number of nitrogens with zero attached hydrogens (tertiary/aromatic N) is 1. The van der Waals surface area contributed by atoms with Crippen LogP contribution in [0.25, 0.3) is 10.2 Å². The first-order valence-electron chi connectivity index (χ1n) is 8.21. The average Bonchev–Trinajstić information content (AvgIpc) is 3.03. The van der Waals surface area contributed by atoms with Crippen molar-refractivity contribution in [2.24, 2.45) is 0 Å². The molecule has 3 aromatic rings. The van der Waals surface area contributed by atoms with Crippen molar-refractivity contribution in [1.29, 1.82) is 0 Å². The van der Waals surface area contributed by atoms with Crippen LogP contribution in [0.3, 0.4) is 0 Å². The lowest BCUT2D eigenvalue weighted by Crippen LogP contribution is -2.11. The molecule has 0 fully saturated rings. The molecule has 5 nitrogen and oxygen atoms in total. The van der Waals surface area contributed by atoms with Crippen LogP contribution in [0, 0.1) is 0 Å². The van der Waals surface area contributed by atoms with Crippen LogP contribution in [0.4, 0.5) is 5.13 Å². The standard InChI is InChI=1S/C19H17ClN2O3S/c1-2-3-9-25-18(24)13-7-8-15-16(11-13)26-19(21-15)22-17(23)12-5-4-6-14(20)10-12/h4-8,10-11H,2-3,9H2,1H3,(H,21,22,23). The van der Waals surface area contributed by atoms with Crippen molar-refractivity contribution in [3.05, 3.63) is 58.6 Å². The van der Waals surface area contributed by atoms with E-state index in [0.29, 0.717) is 33.4 Å². The van der Waals surface area contributed by atoms with Gasteiger partial charge in [-0.2, -0.15) is 0 Å². The number of aromatic nitrogens is 1. The summed E-state index contributed by atoms with van der Waals surface area (Å²) < 4.78 is 6.02. The third kappa shape index (κ3) is 4.39. The number of rotatable bonds is 6. The molecule has 0 saturated carbocycles. The zero-order chi connectivity index (χ0) is 18.5. The van der Waals surface area contributed by atoms with Crippen LogP contribution in [0.1, 0.15) is 40.5 Å². The average molecular weight is 389 g/mol. The molecule has 26 heavy (non-hydrogen) atoms. The Labute approximate surface area is 160 Å². The van der Waals surface area contributed by atoms with Gasteiger partial charge in [-0.05, 0) is 42.8 Å². The number of unbranched alkanes of at least 4 members (excludes halogenated alkanes) is 1. The fourth-order valence-corrected chi connectivity index (χ4v) is 3.39. The molecule has 0 unspecified atom stereocenters. The van der Waals surface area contributed by atoms with Gasteiger partial charge in [0.05, 0.1) is 22.4 Å². The number of thiazole rings is 1. The highest BCUT2D eigenvalue weighted by atomic mass is 35.5. The van der Waals surface area contributed by atoms with E-state index in [1.54, 1.807) is 42.5 Å². The lowest BCUT2D eigenvalue weighted by Gasteiger charge is -2.03. The van der Waals surface area contributed by atoms with Gasteiger partial charge in [0.1, 0.15) is 0 Å². The summed E-state index contributed by atoms with van der Waals surface area (Å²) in [5.41, 5.74) is 1.64. The predicted octanol–water partition coefficient (Wildman–Crippen LogP) is 5.16. The van der Waals surface area contributed by atoms with E-state index in [1.807, 2.05) is 6.92 Å². The molecule has 1 amide bonds. The Morgan fingerprint density at radius 2 is 2.04 bits per heavy atom. The van der Waals surface area contributed by atoms with E-state index in [2.05, 4.69) is 10.3 Å². The quantitative estimate of drug-likeness (QED) is 0.467. The summed E-state index contributed by atoms with van der Waals surface area (Å²) in [6, 6.07) is 11.9. The van der Waals surface area contributed by atoms with Crippen molar-refractivity contribution in [3.8, 4) is 0 Å². The number of halogens is 1. The first kappa shape index (κ1) is 18.4. The predicted molar refractivity (Wildman–Crippen MR) is 104 cm³/mol. The highest BCUT2D eigenvalue weighted by Gasteiger charge is 2.13. The van der Waals surface area contributed by atoms with Crippen LogP contribution >= 0.6 is 22.9 Å². The third-order valence-corrected chi connectivity index (χ3v) is 4.83. The van der Waals surface area contributed by atoms with E-state index < -0.39 is 0 Å². The Bertz CT molecular complexity index is 955. The lowest BCUT2D eigenvalue weighted by atomic mass is 10.2. The maximum atomic E-state index is 12.3. The maximum Gasteiger partial charge on any atom is 0.338 e. The van der Waals surface area contributed by atoms with Gasteiger partial charge in [0, 0.05) is 10.6 Å². The molecule has 0 atom stereocenters. The maximum absolute atomic E-state index is 12.3. The number of carbonyl (C=O) groups is 2. The Balaban J connectivity index is 1.74. The summed E-state index contributed by atoms with van der Waals surface area (Å²) in [4.78, 5) is 28.7. The number of carbonyl (C=O) groups excluding carboxylic acids is 2. The molecule has 0 aliphatic heterocycles. The van der Waals surface area contributed by atoms with Crippen LogP contribution in [0.15, 0.2) is 42.5 Å². The Morgan fingerprint density at radius 1 is 1.19 bits per heavy atom. The van der Waals surface area contributed by atoms with Crippen molar-refractivity contribution in [2.75, 3.05) is 11.9 Å². The molecule has 1 N–H and O–H groups in total. The van der Waals surface area contributed by atoms with Gasteiger partial charge >= 0.3 is 5.97 Å². The molecule has 1 aromatic heterocycles. The number of fused-ring (bicyclic) bond motifs is 1. The molecular formula is C19H17ClN2O3S. The number of esters is 1. The summed E-state index contributed by atoms with van der Waals surface area (Å²) >= 11 is 7.21. The molecule has 1 heterocycles. The highest BCUT2D eigenvalue weighted by Crippen LogP contribution is 2.27. The molecule has 0 aliphatic rings. The Hall–Kier alpha value is -2.44. The number of nitrogens with one attached hydrogen (secondary N) is 1. The molecule has 0 radical (unpaired) electrons. The minimum absolute atomic E-state index is 0.286. The van der Waals surface area contributed by atoms with Crippen LogP contribution in [-0.4, -0.2) is 23.5 Å². The van der Waals surface area contributed by atoms with E-state index in [0.717, 1.165) is 17.5 Å². The third-order valence-electron chi connectivity index (χ3n) is 3.66. The van der Waals surface area contributed by atoms with E-state index in [9.17, 15) is 9.59 Å². The largest absolute Gasteiger partial charge is 0.462 e. The summed E-state index contributed by atoms with van der Waals surface area (Å²) in [6.45, 7) is 2.45. The van der Waals surface area contributed by atoms with Gasteiger partial charge in [-0.3, -0.25) is 10.1 Å². The van der Waals surface area contributed by atoms with Crippen molar-refractivity contribution in [1.82, 2.24) is 4.98 Å². The van der Waals surface area contributed by atoms with Gasteiger partial charge in [0.15, 0.2) is 5.13 Å². The Morgan fingerprint density at radius 3 is 2.81 bits per heavy atom. The smallest absolute Gasteiger partial charge is 0.338 e. The second kappa shape index (κ2) is 8.29. The van der Waals surface area contributed by atoms with Crippen LogP contribution < -0.4 is 5.32 Å². The van der Waals surface area contributed by atoms with E-state index in [-0.39, 0.29) is 11.9 Å². The molecule has 0 spiro atoms. The minimum atomic E-state index is -0.349. The molecule has 7 heteroatoms. The number of benzene rings is 2. The van der Waals surface area contributed by atoms with E-state index >= 15 is 0 Å². The Kier molecular flexibility index (Phi) is 5.85. The van der Waals surface area contributed by atoms with Gasteiger partial charge < -0.3 is 4.74 Å².